The lowest BCUT2D eigenvalue weighted by molar-refractivity contribution is 0.0687. The van der Waals surface area contributed by atoms with Crippen molar-refractivity contribution >= 4 is 5.91 Å². The number of nitrogens with zero attached hydrogens (tertiary/aromatic N) is 3. The Hall–Kier alpha value is -2.65. The van der Waals surface area contributed by atoms with E-state index in [2.05, 4.69) is 18.3 Å². The van der Waals surface area contributed by atoms with Crippen molar-refractivity contribution in [2.24, 2.45) is 0 Å². The molecule has 0 aliphatic rings. The van der Waals surface area contributed by atoms with E-state index >= 15 is 0 Å². The largest absolute Gasteiger partial charge is 0.389 e. The van der Waals surface area contributed by atoms with Crippen molar-refractivity contribution in [2.45, 2.75) is 59.1 Å². The number of nitriles is 1. The van der Waals surface area contributed by atoms with Crippen LogP contribution in [0.4, 0.5) is 0 Å². The summed E-state index contributed by atoms with van der Waals surface area (Å²) in [5.41, 5.74) is 2.64. The number of carbonyl (C=O) groups excluding carboxylic acids is 1. The number of benzene rings is 1. The molecule has 1 amide bonds. The van der Waals surface area contributed by atoms with Gasteiger partial charge >= 0.3 is 0 Å². The lowest BCUT2D eigenvalue weighted by Crippen LogP contribution is -2.39. The van der Waals surface area contributed by atoms with E-state index in [-0.39, 0.29) is 18.5 Å². The Balaban J connectivity index is 2.54. The van der Waals surface area contributed by atoms with Crippen molar-refractivity contribution in [3.63, 3.8) is 0 Å². The van der Waals surface area contributed by atoms with Gasteiger partial charge in [-0.2, -0.15) is 10.4 Å². The molecule has 0 bridgehead atoms. The van der Waals surface area contributed by atoms with Crippen LogP contribution in [0.3, 0.4) is 0 Å². The lowest BCUT2D eigenvalue weighted by Gasteiger charge is -2.19. The minimum atomic E-state index is -0.987. The molecule has 6 heteroatoms. The van der Waals surface area contributed by atoms with Gasteiger partial charge < -0.3 is 10.4 Å². The molecule has 144 valence electrons. The maximum atomic E-state index is 12.9. The number of carbonyl (C=O) groups is 1. The highest BCUT2D eigenvalue weighted by Gasteiger charge is 2.26. The number of aromatic nitrogens is 2. The van der Waals surface area contributed by atoms with Crippen molar-refractivity contribution in [3.8, 4) is 17.3 Å². The third-order valence-electron chi connectivity index (χ3n) is 4.55. The molecular weight excluding hydrogens is 340 g/mol. The fraction of sp³-hybridized carbons (Fsp3) is 0.476. The molecule has 1 aromatic carbocycles. The zero-order valence-electron chi connectivity index (χ0n) is 16.7. The molecular formula is C21H28N4O2. The van der Waals surface area contributed by atoms with Gasteiger partial charge in [-0.05, 0) is 45.7 Å². The van der Waals surface area contributed by atoms with Crippen molar-refractivity contribution in [1.29, 1.82) is 5.26 Å². The lowest BCUT2D eigenvalue weighted by atomic mass is 10.0. The van der Waals surface area contributed by atoms with Crippen molar-refractivity contribution in [1.82, 2.24) is 15.1 Å². The van der Waals surface area contributed by atoms with Gasteiger partial charge in [0.1, 0.15) is 5.69 Å². The number of hydrogen-bond acceptors (Lipinski definition) is 4. The molecule has 6 nitrogen and oxygen atoms in total. The molecule has 1 heterocycles. The molecule has 1 aromatic heterocycles. The standard InChI is InChI=1S/C21H28N4O2/c1-6-14(3)25-19(20(26)23-13-21(4,5)27)17(7-2)18(24-25)16-10-8-15(12-22)9-11-16/h8-11,14,27H,6-7,13H2,1-5H3,(H,23,26). The number of nitrogens with one attached hydrogen (secondary N) is 1. The summed E-state index contributed by atoms with van der Waals surface area (Å²) in [6.07, 6.45) is 1.49. The van der Waals surface area contributed by atoms with E-state index < -0.39 is 5.60 Å². The Kier molecular flexibility index (Phi) is 6.40. The van der Waals surface area contributed by atoms with Gasteiger partial charge in [0.15, 0.2) is 0 Å². The van der Waals surface area contributed by atoms with Crippen LogP contribution in [0.1, 0.15) is 68.7 Å². The molecule has 0 spiro atoms. The van der Waals surface area contributed by atoms with Crippen molar-refractivity contribution in [3.05, 3.63) is 41.1 Å². The number of rotatable bonds is 7. The van der Waals surface area contributed by atoms with E-state index in [0.29, 0.717) is 17.7 Å². The van der Waals surface area contributed by atoms with Crippen LogP contribution in [0.25, 0.3) is 11.3 Å². The Morgan fingerprint density at radius 3 is 2.44 bits per heavy atom. The summed E-state index contributed by atoms with van der Waals surface area (Å²) in [5, 5.41) is 26.5. The summed E-state index contributed by atoms with van der Waals surface area (Å²) in [4.78, 5) is 12.9. The van der Waals surface area contributed by atoms with Crippen LogP contribution < -0.4 is 5.32 Å². The van der Waals surface area contributed by atoms with Gasteiger partial charge in [0.25, 0.3) is 5.91 Å². The van der Waals surface area contributed by atoms with Crippen LogP contribution in [0, 0.1) is 11.3 Å². The Morgan fingerprint density at radius 2 is 1.96 bits per heavy atom. The van der Waals surface area contributed by atoms with Crippen LogP contribution in [0.15, 0.2) is 24.3 Å². The number of aliphatic hydroxyl groups is 1. The van der Waals surface area contributed by atoms with Crippen molar-refractivity contribution in [2.75, 3.05) is 6.54 Å². The maximum Gasteiger partial charge on any atom is 0.269 e. The van der Waals surface area contributed by atoms with Crippen LogP contribution in [-0.2, 0) is 6.42 Å². The van der Waals surface area contributed by atoms with E-state index in [1.165, 1.54) is 0 Å². The molecule has 2 aromatic rings. The molecule has 2 rings (SSSR count). The van der Waals surface area contributed by atoms with E-state index in [1.807, 2.05) is 26.0 Å². The monoisotopic (exact) mass is 368 g/mol. The molecule has 1 unspecified atom stereocenters. The predicted octanol–water partition coefficient (Wildman–Crippen LogP) is 3.46. The van der Waals surface area contributed by atoms with Gasteiger partial charge in [-0.3, -0.25) is 9.48 Å². The smallest absolute Gasteiger partial charge is 0.269 e. The molecule has 2 N–H and O–H groups in total. The molecule has 0 saturated carbocycles. The first-order valence-electron chi connectivity index (χ1n) is 9.34. The fourth-order valence-electron chi connectivity index (χ4n) is 2.85. The van der Waals surface area contributed by atoms with Gasteiger partial charge in [-0.15, -0.1) is 0 Å². The fourth-order valence-corrected chi connectivity index (χ4v) is 2.85. The Morgan fingerprint density at radius 1 is 1.33 bits per heavy atom. The van der Waals surface area contributed by atoms with Gasteiger partial charge in [-0.1, -0.05) is 26.0 Å². The highest BCUT2D eigenvalue weighted by Crippen LogP contribution is 2.29. The molecule has 1 atom stereocenters. The van der Waals surface area contributed by atoms with Crippen LogP contribution in [-0.4, -0.2) is 32.9 Å². The average molecular weight is 368 g/mol. The molecule has 0 aliphatic carbocycles. The first-order valence-corrected chi connectivity index (χ1v) is 9.34. The highest BCUT2D eigenvalue weighted by atomic mass is 16.3. The summed E-state index contributed by atoms with van der Waals surface area (Å²) in [5.74, 6) is -0.235. The van der Waals surface area contributed by atoms with Gasteiger partial charge in [-0.25, -0.2) is 0 Å². The summed E-state index contributed by atoms with van der Waals surface area (Å²) < 4.78 is 1.78. The highest BCUT2D eigenvalue weighted by molar-refractivity contribution is 5.96. The average Bonchev–Trinajstić information content (AvgIpc) is 3.04. The van der Waals surface area contributed by atoms with Crippen LogP contribution in [0.5, 0.6) is 0 Å². The summed E-state index contributed by atoms with van der Waals surface area (Å²) in [6.45, 7) is 9.55. The minimum absolute atomic E-state index is 0.0605. The molecule has 0 aliphatic heterocycles. The zero-order valence-corrected chi connectivity index (χ0v) is 16.7. The van der Waals surface area contributed by atoms with Crippen LogP contribution in [0.2, 0.25) is 0 Å². The third kappa shape index (κ3) is 4.75. The number of hydrogen-bond donors (Lipinski definition) is 2. The van der Waals surface area contributed by atoms with Crippen molar-refractivity contribution < 1.29 is 9.90 Å². The second-order valence-electron chi connectivity index (χ2n) is 7.42. The summed E-state index contributed by atoms with van der Waals surface area (Å²) in [7, 11) is 0. The van der Waals surface area contributed by atoms with Gasteiger partial charge in [0.2, 0.25) is 0 Å². The minimum Gasteiger partial charge on any atom is -0.389 e. The van der Waals surface area contributed by atoms with Gasteiger partial charge in [0, 0.05) is 23.7 Å². The van der Waals surface area contributed by atoms with E-state index in [4.69, 9.17) is 10.4 Å². The molecule has 0 saturated heterocycles. The molecule has 27 heavy (non-hydrogen) atoms. The third-order valence-corrected chi connectivity index (χ3v) is 4.55. The van der Waals surface area contributed by atoms with E-state index in [1.54, 1.807) is 30.7 Å². The SMILES string of the molecule is CCc1c(-c2ccc(C#N)cc2)nn(C(C)CC)c1C(=O)NCC(C)(C)O. The Labute approximate surface area is 160 Å². The zero-order chi connectivity index (χ0) is 20.2. The maximum absolute atomic E-state index is 12.9. The van der Waals surface area contributed by atoms with Gasteiger partial charge in [0.05, 0.1) is 22.9 Å². The summed E-state index contributed by atoms with van der Waals surface area (Å²) in [6, 6.07) is 9.41. The second-order valence-corrected chi connectivity index (χ2v) is 7.42. The quantitative estimate of drug-likeness (QED) is 0.783. The topological polar surface area (TPSA) is 90.9 Å². The Bertz CT molecular complexity index is 839. The molecule has 0 radical (unpaired) electrons. The second kappa shape index (κ2) is 8.36. The normalized spacial score (nSPS) is 12.5. The summed E-state index contributed by atoms with van der Waals surface area (Å²) >= 11 is 0. The predicted molar refractivity (Wildman–Crippen MR) is 105 cm³/mol. The first-order chi connectivity index (χ1) is 12.7. The first kappa shape index (κ1) is 20.7. The molecule has 0 fully saturated rings. The number of amides is 1. The van der Waals surface area contributed by atoms with E-state index in [9.17, 15) is 9.90 Å². The van der Waals surface area contributed by atoms with Crippen LogP contribution >= 0.6 is 0 Å². The van der Waals surface area contributed by atoms with E-state index in [0.717, 1.165) is 23.2 Å².